The first-order valence-corrected chi connectivity index (χ1v) is 13.7. The minimum Gasteiger partial charge on any atom is -0.481 e. The number of nitrogens with zero attached hydrogens (tertiary/aromatic N) is 6. The van der Waals surface area contributed by atoms with Gasteiger partial charge in [-0.25, -0.2) is 9.67 Å². The van der Waals surface area contributed by atoms with Crippen LogP contribution < -0.4 is 0 Å². The molecule has 0 spiro atoms. The number of hydrogen-bond donors (Lipinski definition) is 2. The van der Waals surface area contributed by atoms with Crippen molar-refractivity contribution in [3.05, 3.63) is 65.7 Å². The van der Waals surface area contributed by atoms with Gasteiger partial charge in [-0.3, -0.25) is 4.79 Å². The van der Waals surface area contributed by atoms with Gasteiger partial charge in [0.2, 0.25) is 5.82 Å². The predicted molar refractivity (Wildman–Crippen MR) is 144 cm³/mol. The van der Waals surface area contributed by atoms with Crippen LogP contribution in [0.5, 0.6) is 0 Å². The Bertz CT molecular complexity index is 1320. The zero-order valence-corrected chi connectivity index (χ0v) is 21.9. The van der Waals surface area contributed by atoms with Gasteiger partial charge in [0.05, 0.1) is 12.5 Å². The van der Waals surface area contributed by atoms with Crippen molar-refractivity contribution in [2.75, 3.05) is 0 Å². The number of aromatic nitrogens is 7. The third-order valence-electron chi connectivity index (χ3n) is 7.55. The largest absolute Gasteiger partial charge is 0.481 e. The Morgan fingerprint density at radius 2 is 1.76 bits per heavy atom. The number of tetrazole rings is 1. The molecule has 9 heteroatoms. The molecule has 38 heavy (non-hydrogen) atoms. The summed E-state index contributed by atoms with van der Waals surface area (Å²) in [7, 11) is 0. The van der Waals surface area contributed by atoms with Crippen LogP contribution in [-0.4, -0.2) is 46.5 Å². The van der Waals surface area contributed by atoms with E-state index in [2.05, 4.69) is 62.6 Å². The topological polar surface area (TPSA) is 122 Å². The molecule has 2 heterocycles. The quantitative estimate of drug-likeness (QED) is 0.248. The second kappa shape index (κ2) is 12.1. The normalized spacial score (nSPS) is 17.5. The van der Waals surface area contributed by atoms with E-state index in [1.165, 1.54) is 19.3 Å². The number of rotatable bonds is 11. The highest BCUT2D eigenvalue weighted by Crippen LogP contribution is 2.36. The Labute approximate surface area is 222 Å². The molecule has 4 aromatic rings. The van der Waals surface area contributed by atoms with E-state index in [-0.39, 0.29) is 11.8 Å². The number of aliphatic carboxylic acids is 1. The summed E-state index contributed by atoms with van der Waals surface area (Å²) in [5.74, 6) is 1.82. The predicted octanol–water partition coefficient (Wildman–Crippen LogP) is 5.65. The van der Waals surface area contributed by atoms with Crippen LogP contribution in [0, 0.1) is 5.92 Å². The van der Waals surface area contributed by atoms with Crippen LogP contribution in [0.1, 0.15) is 81.4 Å². The van der Waals surface area contributed by atoms with Gasteiger partial charge in [0.15, 0.2) is 5.82 Å². The summed E-state index contributed by atoms with van der Waals surface area (Å²) in [6, 6.07) is 16.6. The maximum absolute atomic E-state index is 11.5. The number of unbranched alkanes of at least 4 members (excludes halogenated alkanes) is 3. The van der Waals surface area contributed by atoms with Gasteiger partial charge in [0.25, 0.3) is 0 Å². The second-order valence-electron chi connectivity index (χ2n) is 10.2. The van der Waals surface area contributed by atoms with Gasteiger partial charge in [-0.05, 0) is 54.0 Å². The summed E-state index contributed by atoms with van der Waals surface area (Å²) < 4.78 is 2.06. The van der Waals surface area contributed by atoms with Crippen LogP contribution in [0.2, 0.25) is 0 Å². The molecule has 2 aromatic heterocycles. The number of aromatic amines is 1. The van der Waals surface area contributed by atoms with Crippen LogP contribution in [0.15, 0.2) is 48.5 Å². The highest BCUT2D eigenvalue weighted by atomic mass is 16.4. The lowest BCUT2D eigenvalue weighted by Crippen LogP contribution is -2.22. The van der Waals surface area contributed by atoms with E-state index < -0.39 is 5.97 Å². The molecule has 2 N–H and O–H groups in total. The van der Waals surface area contributed by atoms with Gasteiger partial charge in [0, 0.05) is 17.9 Å². The molecule has 1 aliphatic rings. The fraction of sp³-hybridized carbons (Fsp3) is 0.448. The molecule has 5 rings (SSSR count). The third-order valence-corrected chi connectivity index (χ3v) is 7.55. The molecular weight excluding hydrogens is 478 g/mol. The summed E-state index contributed by atoms with van der Waals surface area (Å²) in [6.45, 7) is 2.86. The lowest BCUT2D eigenvalue weighted by molar-refractivity contribution is -0.142. The van der Waals surface area contributed by atoms with E-state index >= 15 is 0 Å². The van der Waals surface area contributed by atoms with Gasteiger partial charge in [-0.1, -0.05) is 74.7 Å². The molecule has 9 nitrogen and oxygen atoms in total. The molecule has 0 unspecified atom stereocenters. The number of carbonyl (C=O) groups is 1. The Morgan fingerprint density at radius 1 is 1.00 bits per heavy atom. The van der Waals surface area contributed by atoms with Crippen molar-refractivity contribution in [3.63, 3.8) is 0 Å². The highest BCUT2D eigenvalue weighted by Gasteiger charge is 2.30. The van der Waals surface area contributed by atoms with Crippen molar-refractivity contribution in [1.29, 1.82) is 0 Å². The lowest BCUT2D eigenvalue weighted by Gasteiger charge is -2.25. The van der Waals surface area contributed by atoms with Crippen molar-refractivity contribution in [2.45, 2.75) is 77.2 Å². The van der Waals surface area contributed by atoms with Crippen molar-refractivity contribution >= 4 is 5.97 Å². The number of H-pyrrole nitrogens is 1. The summed E-state index contributed by atoms with van der Waals surface area (Å²) in [4.78, 5) is 16.4. The molecule has 0 bridgehead atoms. The molecular formula is C29H35N7O2. The van der Waals surface area contributed by atoms with Crippen LogP contribution in [0.3, 0.4) is 0 Å². The number of benzene rings is 2. The van der Waals surface area contributed by atoms with Crippen LogP contribution >= 0.6 is 0 Å². The van der Waals surface area contributed by atoms with Crippen molar-refractivity contribution in [1.82, 2.24) is 35.4 Å². The van der Waals surface area contributed by atoms with Gasteiger partial charge in [-0.15, -0.1) is 10.2 Å². The summed E-state index contributed by atoms with van der Waals surface area (Å²) in [5, 5.41) is 28.9. The van der Waals surface area contributed by atoms with E-state index in [1.54, 1.807) is 0 Å². The Morgan fingerprint density at radius 3 is 2.45 bits per heavy atom. The zero-order chi connectivity index (χ0) is 26.3. The average molecular weight is 514 g/mol. The Balaban J connectivity index is 1.35. The minimum absolute atomic E-state index is 0.237. The Kier molecular flexibility index (Phi) is 8.21. The molecule has 0 amide bonds. The maximum Gasteiger partial charge on any atom is 0.306 e. The van der Waals surface area contributed by atoms with Gasteiger partial charge >= 0.3 is 5.97 Å². The highest BCUT2D eigenvalue weighted by molar-refractivity contribution is 5.80. The standard InChI is InChI=1S/C29H35N7O2/c1-2-3-4-5-10-26-30-28(22-15-17-23(18-16-22)29(37)38)36(33-26)19-20-11-13-21(14-12-20)24-8-6-7-9-25(24)27-31-34-35-32-27/h6-9,11-14,22-23H,2-5,10,15-19H2,1H3,(H,37,38)(H,31,32,34,35). The number of carboxylic acids is 1. The van der Waals surface area contributed by atoms with E-state index in [1.807, 2.05) is 18.2 Å². The molecule has 1 aliphatic carbocycles. The lowest BCUT2D eigenvalue weighted by atomic mass is 9.81. The molecule has 1 fully saturated rings. The third kappa shape index (κ3) is 5.98. The molecule has 0 radical (unpaired) electrons. The van der Waals surface area contributed by atoms with Gasteiger partial charge in [-0.2, -0.15) is 10.3 Å². The number of hydrogen-bond acceptors (Lipinski definition) is 6. The molecule has 0 saturated heterocycles. The SMILES string of the molecule is CCCCCCc1nc(C2CCC(C(=O)O)CC2)n(Cc2ccc(-c3ccccc3-c3nn[nH]n3)cc2)n1. The van der Waals surface area contributed by atoms with E-state index in [4.69, 9.17) is 10.1 Å². The zero-order valence-electron chi connectivity index (χ0n) is 21.9. The molecule has 2 aromatic carbocycles. The van der Waals surface area contributed by atoms with Crippen LogP contribution in [0.4, 0.5) is 0 Å². The summed E-state index contributed by atoms with van der Waals surface area (Å²) >= 11 is 0. The van der Waals surface area contributed by atoms with Crippen LogP contribution in [0.25, 0.3) is 22.5 Å². The Hall–Kier alpha value is -3.88. The number of carboxylic acid groups (broad SMARTS) is 1. The first-order chi connectivity index (χ1) is 18.6. The van der Waals surface area contributed by atoms with Gasteiger partial charge in [0.1, 0.15) is 5.82 Å². The number of aryl methyl sites for hydroxylation is 1. The first kappa shape index (κ1) is 25.8. The van der Waals surface area contributed by atoms with E-state index in [9.17, 15) is 9.90 Å². The van der Waals surface area contributed by atoms with Crippen molar-refractivity contribution < 1.29 is 9.90 Å². The van der Waals surface area contributed by atoms with Crippen molar-refractivity contribution in [3.8, 4) is 22.5 Å². The fourth-order valence-corrected chi connectivity index (χ4v) is 5.40. The maximum atomic E-state index is 11.5. The van der Waals surface area contributed by atoms with Crippen LogP contribution in [-0.2, 0) is 17.8 Å². The molecule has 198 valence electrons. The minimum atomic E-state index is -0.678. The summed E-state index contributed by atoms with van der Waals surface area (Å²) in [5.41, 5.74) is 4.20. The smallest absolute Gasteiger partial charge is 0.306 e. The van der Waals surface area contributed by atoms with Crippen molar-refractivity contribution in [2.24, 2.45) is 5.92 Å². The fourth-order valence-electron chi connectivity index (χ4n) is 5.40. The summed E-state index contributed by atoms with van der Waals surface area (Å²) in [6.07, 6.45) is 8.70. The van der Waals surface area contributed by atoms with E-state index in [0.717, 1.165) is 59.6 Å². The molecule has 1 saturated carbocycles. The first-order valence-electron chi connectivity index (χ1n) is 13.7. The monoisotopic (exact) mass is 513 g/mol. The number of nitrogens with one attached hydrogen (secondary N) is 1. The second-order valence-corrected chi connectivity index (χ2v) is 10.2. The average Bonchev–Trinajstić information content (AvgIpc) is 3.62. The van der Waals surface area contributed by atoms with E-state index in [0.29, 0.717) is 25.2 Å². The van der Waals surface area contributed by atoms with Gasteiger partial charge < -0.3 is 5.11 Å². The molecule has 0 aliphatic heterocycles. The molecule has 0 atom stereocenters.